The van der Waals surface area contributed by atoms with E-state index in [2.05, 4.69) is 5.32 Å². The van der Waals surface area contributed by atoms with Gasteiger partial charge in [0.05, 0.1) is 18.0 Å². The van der Waals surface area contributed by atoms with Crippen molar-refractivity contribution in [1.82, 2.24) is 0 Å². The van der Waals surface area contributed by atoms with Crippen LogP contribution in [0.2, 0.25) is 0 Å². The Labute approximate surface area is 125 Å². The second-order valence-corrected chi connectivity index (χ2v) is 6.92. The highest BCUT2D eigenvalue weighted by Crippen LogP contribution is 2.27. The van der Waals surface area contributed by atoms with Crippen molar-refractivity contribution in [2.45, 2.75) is 17.9 Å². The minimum absolute atomic E-state index is 0.0465. The van der Waals surface area contributed by atoms with E-state index in [4.69, 9.17) is 4.74 Å². The third kappa shape index (κ3) is 3.76. The summed E-state index contributed by atoms with van der Waals surface area (Å²) < 4.78 is 28.2. The molecule has 2 rings (SSSR count). The number of hydrogen-bond acceptors (Lipinski definition) is 4. The van der Waals surface area contributed by atoms with Crippen LogP contribution in [-0.4, -0.2) is 21.8 Å². The molecule has 0 aliphatic carbocycles. The Morgan fingerprint density at radius 3 is 2.24 bits per heavy atom. The first kappa shape index (κ1) is 15.4. The Morgan fingerprint density at radius 1 is 1.05 bits per heavy atom. The van der Waals surface area contributed by atoms with Crippen LogP contribution in [0.5, 0.6) is 5.75 Å². The average molecular weight is 305 g/mol. The van der Waals surface area contributed by atoms with Crippen LogP contribution in [0.4, 0.5) is 5.69 Å². The lowest BCUT2D eigenvalue weighted by molar-refractivity contribution is 0.408. The Morgan fingerprint density at radius 2 is 1.67 bits per heavy atom. The van der Waals surface area contributed by atoms with Gasteiger partial charge in [0.15, 0.2) is 9.84 Å². The molecule has 0 bridgehead atoms. The summed E-state index contributed by atoms with van der Waals surface area (Å²) in [5, 5.41) is 3.34. The predicted molar refractivity (Wildman–Crippen MR) is 84.6 cm³/mol. The van der Waals surface area contributed by atoms with Crippen molar-refractivity contribution in [3.63, 3.8) is 0 Å². The van der Waals surface area contributed by atoms with Gasteiger partial charge >= 0.3 is 0 Å². The topological polar surface area (TPSA) is 55.4 Å². The first-order valence-electron chi connectivity index (χ1n) is 6.61. The monoisotopic (exact) mass is 305 g/mol. The first-order chi connectivity index (χ1) is 9.91. The number of para-hydroxylation sites is 1. The Bertz CT molecular complexity index is 709. The molecule has 1 unspecified atom stereocenters. The molecule has 0 amide bonds. The molecule has 0 radical (unpaired) electrons. The van der Waals surface area contributed by atoms with Crippen molar-refractivity contribution in [3.8, 4) is 5.75 Å². The molecule has 2 aromatic carbocycles. The van der Waals surface area contributed by atoms with E-state index in [1.807, 2.05) is 31.2 Å². The van der Waals surface area contributed by atoms with Gasteiger partial charge in [-0.05, 0) is 37.3 Å². The number of ether oxygens (including phenoxy) is 1. The molecule has 112 valence electrons. The summed E-state index contributed by atoms with van der Waals surface area (Å²) in [5.41, 5.74) is 1.91. The standard InChI is InChI=1S/C16H19NO3S/c1-12(15-6-4-5-7-16(15)20-2)17-13-8-10-14(11-9-13)21(3,18)19/h4-12,17H,1-3H3. The largest absolute Gasteiger partial charge is 0.496 e. The van der Waals surface area contributed by atoms with E-state index >= 15 is 0 Å². The number of anilines is 1. The van der Waals surface area contributed by atoms with E-state index in [0.717, 1.165) is 17.0 Å². The maximum absolute atomic E-state index is 11.4. The fraction of sp³-hybridized carbons (Fsp3) is 0.250. The molecule has 21 heavy (non-hydrogen) atoms. The third-order valence-corrected chi connectivity index (χ3v) is 4.40. The molecule has 0 saturated heterocycles. The minimum atomic E-state index is -3.16. The number of hydrogen-bond donors (Lipinski definition) is 1. The number of methoxy groups -OCH3 is 1. The Hall–Kier alpha value is -2.01. The molecule has 0 aromatic heterocycles. The highest BCUT2D eigenvalue weighted by atomic mass is 32.2. The maximum atomic E-state index is 11.4. The zero-order valence-electron chi connectivity index (χ0n) is 12.3. The van der Waals surface area contributed by atoms with Gasteiger partial charge in [-0.15, -0.1) is 0 Å². The fourth-order valence-electron chi connectivity index (χ4n) is 2.15. The molecule has 4 nitrogen and oxygen atoms in total. The van der Waals surface area contributed by atoms with E-state index in [9.17, 15) is 8.42 Å². The molecule has 0 aliphatic heterocycles. The van der Waals surface area contributed by atoms with Crippen LogP contribution >= 0.6 is 0 Å². The first-order valence-corrected chi connectivity index (χ1v) is 8.50. The number of rotatable bonds is 5. The van der Waals surface area contributed by atoms with Gasteiger partial charge in [-0.1, -0.05) is 18.2 Å². The summed E-state index contributed by atoms with van der Waals surface area (Å²) in [6.07, 6.45) is 1.20. The predicted octanol–water partition coefficient (Wildman–Crippen LogP) is 3.27. The SMILES string of the molecule is COc1ccccc1C(C)Nc1ccc(S(C)(=O)=O)cc1. The lowest BCUT2D eigenvalue weighted by Crippen LogP contribution is -2.08. The molecule has 0 saturated carbocycles. The van der Waals surface area contributed by atoms with Gasteiger partial charge in [-0.2, -0.15) is 0 Å². The molecule has 1 N–H and O–H groups in total. The van der Waals surface area contributed by atoms with Crippen LogP contribution in [0.15, 0.2) is 53.4 Å². The molecule has 2 aromatic rings. The molecular formula is C16H19NO3S. The maximum Gasteiger partial charge on any atom is 0.175 e. The molecule has 1 atom stereocenters. The lowest BCUT2D eigenvalue weighted by atomic mass is 10.1. The smallest absolute Gasteiger partial charge is 0.175 e. The summed E-state index contributed by atoms with van der Waals surface area (Å²) in [6.45, 7) is 2.03. The summed E-state index contributed by atoms with van der Waals surface area (Å²) in [7, 11) is -1.51. The average Bonchev–Trinajstić information content (AvgIpc) is 2.46. The minimum Gasteiger partial charge on any atom is -0.496 e. The van der Waals surface area contributed by atoms with Crippen molar-refractivity contribution in [2.24, 2.45) is 0 Å². The highest BCUT2D eigenvalue weighted by Gasteiger charge is 2.11. The molecule has 0 aliphatic rings. The van der Waals surface area contributed by atoms with E-state index in [1.54, 1.807) is 31.4 Å². The molecule has 5 heteroatoms. The molecule has 0 heterocycles. The number of benzene rings is 2. The van der Waals surface area contributed by atoms with Crippen LogP contribution in [0, 0.1) is 0 Å². The van der Waals surface area contributed by atoms with Gasteiger partial charge in [0.25, 0.3) is 0 Å². The van der Waals surface area contributed by atoms with E-state index in [1.165, 1.54) is 6.26 Å². The highest BCUT2D eigenvalue weighted by molar-refractivity contribution is 7.90. The molecular weight excluding hydrogens is 286 g/mol. The van der Waals surface area contributed by atoms with Crippen molar-refractivity contribution < 1.29 is 13.2 Å². The van der Waals surface area contributed by atoms with Crippen LogP contribution < -0.4 is 10.1 Å². The number of nitrogens with one attached hydrogen (secondary N) is 1. The normalized spacial score (nSPS) is 12.7. The summed E-state index contributed by atoms with van der Waals surface area (Å²) in [6, 6.07) is 14.6. The van der Waals surface area contributed by atoms with Crippen LogP contribution in [0.3, 0.4) is 0 Å². The molecule has 0 spiro atoms. The van der Waals surface area contributed by atoms with Gasteiger partial charge in [0.1, 0.15) is 5.75 Å². The zero-order chi connectivity index (χ0) is 15.5. The quantitative estimate of drug-likeness (QED) is 0.921. The van der Waals surface area contributed by atoms with Crippen LogP contribution in [-0.2, 0) is 9.84 Å². The van der Waals surface area contributed by atoms with Crippen molar-refractivity contribution in [3.05, 3.63) is 54.1 Å². The van der Waals surface area contributed by atoms with E-state index in [0.29, 0.717) is 4.90 Å². The van der Waals surface area contributed by atoms with Gasteiger partial charge in [0.2, 0.25) is 0 Å². The van der Waals surface area contributed by atoms with Gasteiger partial charge in [-0.3, -0.25) is 0 Å². The molecule has 0 fully saturated rings. The second kappa shape index (κ2) is 6.18. The number of sulfone groups is 1. The lowest BCUT2D eigenvalue weighted by Gasteiger charge is -2.18. The Balaban J connectivity index is 2.18. The summed E-state index contributed by atoms with van der Waals surface area (Å²) in [4.78, 5) is 0.318. The fourth-order valence-corrected chi connectivity index (χ4v) is 2.78. The van der Waals surface area contributed by atoms with Crippen LogP contribution in [0.25, 0.3) is 0 Å². The third-order valence-electron chi connectivity index (χ3n) is 3.27. The van der Waals surface area contributed by atoms with Crippen LogP contribution in [0.1, 0.15) is 18.5 Å². The zero-order valence-corrected chi connectivity index (χ0v) is 13.1. The van der Waals surface area contributed by atoms with Gasteiger partial charge in [-0.25, -0.2) is 8.42 Å². The van der Waals surface area contributed by atoms with E-state index in [-0.39, 0.29) is 6.04 Å². The second-order valence-electron chi connectivity index (χ2n) is 4.90. The van der Waals surface area contributed by atoms with Gasteiger partial charge < -0.3 is 10.1 Å². The van der Waals surface area contributed by atoms with Gasteiger partial charge in [0, 0.05) is 17.5 Å². The van der Waals surface area contributed by atoms with Crippen molar-refractivity contribution >= 4 is 15.5 Å². The van der Waals surface area contributed by atoms with E-state index < -0.39 is 9.84 Å². The van der Waals surface area contributed by atoms with Crippen molar-refractivity contribution in [2.75, 3.05) is 18.7 Å². The summed E-state index contributed by atoms with van der Waals surface area (Å²) in [5.74, 6) is 0.824. The van der Waals surface area contributed by atoms with Crippen molar-refractivity contribution in [1.29, 1.82) is 0 Å². The Kier molecular flexibility index (Phi) is 4.53. The summed E-state index contributed by atoms with van der Waals surface area (Å²) >= 11 is 0.